The van der Waals surface area contributed by atoms with E-state index in [2.05, 4.69) is 13.8 Å². The fourth-order valence-electron chi connectivity index (χ4n) is 1.55. The molecule has 1 nitrogen and oxygen atoms in total. The van der Waals surface area contributed by atoms with Gasteiger partial charge in [0, 0.05) is 5.75 Å². The molecule has 84 valence electrons. The maximum atomic E-state index is 13.3. The molecule has 0 heterocycles. The Hall–Kier alpha value is -0.700. The molecule has 0 aliphatic rings. The summed E-state index contributed by atoms with van der Waals surface area (Å²) in [5.41, 5.74) is 0. The number of hydrogen-bond acceptors (Lipinski definition) is 1. The van der Waals surface area contributed by atoms with E-state index in [1.54, 1.807) is 18.2 Å². The van der Waals surface area contributed by atoms with Gasteiger partial charge in [-0.15, -0.1) is 0 Å². The summed E-state index contributed by atoms with van der Waals surface area (Å²) in [5, 5.41) is 0. The molecule has 1 rings (SSSR count). The highest BCUT2D eigenvalue weighted by molar-refractivity contribution is 7.85. The van der Waals surface area contributed by atoms with E-state index in [1.165, 1.54) is 6.07 Å². The van der Waals surface area contributed by atoms with Gasteiger partial charge in [-0.2, -0.15) is 0 Å². The lowest BCUT2D eigenvalue weighted by molar-refractivity contribution is 0.567. The van der Waals surface area contributed by atoms with Crippen LogP contribution in [0.2, 0.25) is 0 Å². The Balaban J connectivity index is 2.65. The lowest BCUT2D eigenvalue weighted by Gasteiger charge is -2.09. The van der Waals surface area contributed by atoms with E-state index in [4.69, 9.17) is 0 Å². The standard InChI is InChI=1S/C12H17FOS/c1-3-6-10(2)9-15(14)12-8-5-4-7-11(12)13/h4-5,7-8,10H,3,6,9H2,1-2H3. The molecule has 0 spiro atoms. The molecular formula is C12H17FOS. The third-order valence-corrected chi connectivity index (χ3v) is 3.99. The second-order valence-electron chi connectivity index (χ2n) is 3.84. The van der Waals surface area contributed by atoms with Crippen LogP contribution in [0.25, 0.3) is 0 Å². The van der Waals surface area contributed by atoms with Crippen LogP contribution in [0.15, 0.2) is 29.2 Å². The van der Waals surface area contributed by atoms with E-state index >= 15 is 0 Å². The SMILES string of the molecule is CCCC(C)CS(=O)c1ccccc1F. The van der Waals surface area contributed by atoms with E-state index in [9.17, 15) is 8.60 Å². The van der Waals surface area contributed by atoms with Crippen molar-refractivity contribution in [2.75, 3.05) is 5.75 Å². The molecule has 0 aliphatic carbocycles. The quantitative estimate of drug-likeness (QED) is 0.755. The Morgan fingerprint density at radius 1 is 1.40 bits per heavy atom. The van der Waals surface area contributed by atoms with Crippen molar-refractivity contribution in [3.8, 4) is 0 Å². The first-order valence-electron chi connectivity index (χ1n) is 5.28. The molecule has 0 saturated heterocycles. The fourth-order valence-corrected chi connectivity index (χ4v) is 2.93. The predicted molar refractivity (Wildman–Crippen MR) is 61.7 cm³/mol. The summed E-state index contributed by atoms with van der Waals surface area (Å²) in [6, 6.07) is 6.30. The summed E-state index contributed by atoms with van der Waals surface area (Å²) in [4.78, 5) is 0.334. The molecule has 1 aromatic rings. The van der Waals surface area contributed by atoms with Crippen LogP contribution in [0.5, 0.6) is 0 Å². The fraction of sp³-hybridized carbons (Fsp3) is 0.500. The molecule has 0 aliphatic heterocycles. The second-order valence-corrected chi connectivity index (χ2v) is 5.30. The molecule has 0 fully saturated rings. The van der Waals surface area contributed by atoms with E-state index in [0.29, 0.717) is 16.6 Å². The van der Waals surface area contributed by atoms with Crippen molar-refractivity contribution in [2.24, 2.45) is 5.92 Å². The molecule has 15 heavy (non-hydrogen) atoms. The van der Waals surface area contributed by atoms with Crippen molar-refractivity contribution >= 4 is 10.8 Å². The van der Waals surface area contributed by atoms with Crippen LogP contribution in [0.1, 0.15) is 26.7 Å². The van der Waals surface area contributed by atoms with E-state index in [-0.39, 0.29) is 5.82 Å². The average Bonchev–Trinajstić information content (AvgIpc) is 2.18. The zero-order valence-corrected chi connectivity index (χ0v) is 10.0. The number of hydrogen-bond donors (Lipinski definition) is 0. The Kier molecular flexibility index (Phi) is 4.95. The van der Waals surface area contributed by atoms with Crippen molar-refractivity contribution in [1.29, 1.82) is 0 Å². The number of benzene rings is 1. The molecule has 0 aromatic heterocycles. The number of halogens is 1. The molecule has 0 bridgehead atoms. The lowest BCUT2D eigenvalue weighted by atomic mass is 10.1. The second kappa shape index (κ2) is 6.01. The first-order valence-corrected chi connectivity index (χ1v) is 6.60. The molecular weight excluding hydrogens is 211 g/mol. The third kappa shape index (κ3) is 3.74. The smallest absolute Gasteiger partial charge is 0.139 e. The predicted octanol–water partition coefficient (Wildman–Crippen LogP) is 3.37. The normalized spacial score (nSPS) is 14.9. The van der Waals surface area contributed by atoms with Gasteiger partial charge in [0.2, 0.25) is 0 Å². The average molecular weight is 228 g/mol. The van der Waals surface area contributed by atoms with E-state index in [0.717, 1.165) is 12.8 Å². The summed E-state index contributed by atoms with van der Waals surface area (Å²) in [6.07, 6.45) is 2.12. The molecule has 2 unspecified atom stereocenters. The van der Waals surface area contributed by atoms with Crippen LogP contribution in [-0.4, -0.2) is 9.96 Å². The molecule has 1 aromatic carbocycles. The summed E-state index contributed by atoms with van der Waals surface area (Å²) in [7, 11) is -1.20. The maximum absolute atomic E-state index is 13.3. The van der Waals surface area contributed by atoms with Gasteiger partial charge in [0.05, 0.1) is 15.7 Å². The monoisotopic (exact) mass is 228 g/mol. The van der Waals surface area contributed by atoms with Crippen LogP contribution < -0.4 is 0 Å². The Morgan fingerprint density at radius 3 is 2.67 bits per heavy atom. The lowest BCUT2D eigenvalue weighted by Crippen LogP contribution is -2.09. The van der Waals surface area contributed by atoms with Crippen LogP contribution in [-0.2, 0) is 10.8 Å². The van der Waals surface area contributed by atoms with Gasteiger partial charge in [0.25, 0.3) is 0 Å². The van der Waals surface area contributed by atoms with Gasteiger partial charge < -0.3 is 0 Å². The van der Waals surface area contributed by atoms with Gasteiger partial charge in [-0.25, -0.2) is 4.39 Å². The minimum absolute atomic E-state index is 0.334. The minimum atomic E-state index is -1.20. The highest BCUT2D eigenvalue weighted by Gasteiger charge is 2.12. The molecule has 3 heteroatoms. The maximum Gasteiger partial charge on any atom is 0.139 e. The third-order valence-electron chi connectivity index (χ3n) is 2.30. The zero-order valence-electron chi connectivity index (χ0n) is 9.20. The minimum Gasteiger partial charge on any atom is -0.254 e. The van der Waals surface area contributed by atoms with Gasteiger partial charge in [0.15, 0.2) is 0 Å². The van der Waals surface area contributed by atoms with Crippen LogP contribution >= 0.6 is 0 Å². The van der Waals surface area contributed by atoms with Crippen LogP contribution in [0.3, 0.4) is 0 Å². The highest BCUT2D eigenvalue weighted by Crippen LogP contribution is 2.15. The van der Waals surface area contributed by atoms with Crippen molar-refractivity contribution in [2.45, 2.75) is 31.6 Å². The highest BCUT2D eigenvalue weighted by atomic mass is 32.2. The molecule has 2 atom stereocenters. The van der Waals surface area contributed by atoms with Crippen molar-refractivity contribution in [1.82, 2.24) is 0 Å². The van der Waals surface area contributed by atoms with Gasteiger partial charge in [0.1, 0.15) is 5.82 Å². The summed E-state index contributed by atoms with van der Waals surface area (Å²) < 4.78 is 25.1. The summed E-state index contributed by atoms with van der Waals surface area (Å²) in [5.74, 6) is 0.573. The Morgan fingerprint density at radius 2 is 2.07 bits per heavy atom. The van der Waals surface area contributed by atoms with Crippen LogP contribution in [0.4, 0.5) is 4.39 Å². The molecule has 0 N–H and O–H groups in total. The first-order chi connectivity index (χ1) is 7.15. The summed E-state index contributed by atoms with van der Waals surface area (Å²) >= 11 is 0. The van der Waals surface area contributed by atoms with Crippen molar-refractivity contribution in [3.63, 3.8) is 0 Å². The largest absolute Gasteiger partial charge is 0.254 e. The van der Waals surface area contributed by atoms with Gasteiger partial charge >= 0.3 is 0 Å². The first kappa shape index (κ1) is 12.4. The topological polar surface area (TPSA) is 17.1 Å². The Labute approximate surface area is 93.2 Å². The molecule has 0 radical (unpaired) electrons. The number of rotatable bonds is 5. The van der Waals surface area contributed by atoms with Gasteiger partial charge in [-0.3, -0.25) is 4.21 Å². The molecule has 0 amide bonds. The van der Waals surface area contributed by atoms with Crippen molar-refractivity contribution < 1.29 is 8.60 Å². The van der Waals surface area contributed by atoms with E-state index < -0.39 is 10.8 Å². The van der Waals surface area contributed by atoms with Gasteiger partial charge in [-0.05, 0) is 18.1 Å². The Bertz CT molecular complexity index is 338. The molecule has 0 saturated carbocycles. The van der Waals surface area contributed by atoms with Gasteiger partial charge in [-0.1, -0.05) is 38.8 Å². The van der Waals surface area contributed by atoms with Crippen LogP contribution in [0, 0.1) is 11.7 Å². The zero-order chi connectivity index (χ0) is 11.3. The summed E-state index contributed by atoms with van der Waals surface area (Å²) in [6.45, 7) is 4.16. The van der Waals surface area contributed by atoms with Crippen molar-refractivity contribution in [3.05, 3.63) is 30.1 Å². The van der Waals surface area contributed by atoms with E-state index in [1.807, 2.05) is 0 Å².